The first-order chi connectivity index (χ1) is 6.93. The third-order valence-corrected chi connectivity index (χ3v) is 4.18. The molecule has 0 radical (unpaired) electrons. The Morgan fingerprint density at radius 3 is 2.33 bits per heavy atom. The third kappa shape index (κ3) is 6.27. The highest BCUT2D eigenvalue weighted by molar-refractivity contribution is 8.17. The number of halogens is 1. The largest absolute Gasteiger partial charge is 0.324 e. The van der Waals surface area contributed by atoms with Gasteiger partial charge in [0.05, 0.1) is 0 Å². The van der Waals surface area contributed by atoms with Gasteiger partial charge in [0.25, 0.3) is 5.24 Å². The minimum atomic E-state index is -3.93. The Morgan fingerprint density at radius 2 is 1.93 bits per heavy atom. The molecular formula is C8H16ClNO3S2. The predicted octanol–water partition coefficient (Wildman–Crippen LogP) is 2.84. The van der Waals surface area contributed by atoms with E-state index >= 15 is 0 Å². The van der Waals surface area contributed by atoms with Gasteiger partial charge in [-0.2, -0.15) is 8.42 Å². The van der Waals surface area contributed by atoms with Gasteiger partial charge < -0.3 is 0 Å². The molecular weight excluding hydrogens is 258 g/mol. The molecule has 0 unspecified atom stereocenters. The summed E-state index contributed by atoms with van der Waals surface area (Å²) < 4.78 is 22.9. The van der Waals surface area contributed by atoms with Crippen molar-refractivity contribution >= 4 is 36.9 Å². The molecule has 0 aliphatic rings. The van der Waals surface area contributed by atoms with E-state index in [-0.39, 0.29) is 6.54 Å². The Morgan fingerprint density at radius 1 is 1.33 bits per heavy atom. The van der Waals surface area contributed by atoms with Gasteiger partial charge in [-0.3, -0.25) is 4.79 Å². The van der Waals surface area contributed by atoms with E-state index in [1.165, 1.54) is 0 Å². The summed E-state index contributed by atoms with van der Waals surface area (Å²) in [6.45, 7) is 4.01. The number of thioether (sulfide) groups is 1. The molecule has 4 nitrogen and oxygen atoms in total. The molecule has 0 atom stereocenters. The summed E-state index contributed by atoms with van der Waals surface area (Å²) in [6, 6.07) is 0. The number of unbranched alkanes of at least 4 members (excludes halogenated alkanes) is 1. The fraction of sp³-hybridized carbons (Fsp3) is 0.875. The van der Waals surface area contributed by atoms with Crippen molar-refractivity contribution < 1.29 is 13.2 Å². The molecule has 0 bridgehead atoms. The van der Waals surface area contributed by atoms with Crippen LogP contribution >= 0.6 is 22.4 Å². The highest BCUT2D eigenvalue weighted by Gasteiger charge is 2.24. The number of carbonyl (C=O) groups excluding carboxylic acids is 1. The lowest BCUT2D eigenvalue weighted by Gasteiger charge is -2.17. The lowest BCUT2D eigenvalue weighted by Crippen LogP contribution is -2.31. The second-order valence-corrected chi connectivity index (χ2v) is 6.46. The molecule has 0 heterocycles. The molecule has 0 saturated carbocycles. The van der Waals surface area contributed by atoms with Gasteiger partial charge in [0, 0.05) is 23.0 Å². The van der Waals surface area contributed by atoms with Crippen molar-refractivity contribution in [3.05, 3.63) is 0 Å². The van der Waals surface area contributed by atoms with Crippen LogP contribution in [0.3, 0.4) is 0 Å². The van der Waals surface area contributed by atoms with E-state index in [1.54, 1.807) is 0 Å². The monoisotopic (exact) mass is 273 g/mol. The van der Waals surface area contributed by atoms with Gasteiger partial charge in [-0.25, -0.2) is 4.31 Å². The molecule has 7 heteroatoms. The van der Waals surface area contributed by atoms with Crippen molar-refractivity contribution in [2.75, 3.05) is 12.3 Å². The maximum atomic E-state index is 11.5. The van der Waals surface area contributed by atoms with E-state index in [0.29, 0.717) is 12.2 Å². The zero-order valence-corrected chi connectivity index (χ0v) is 11.3. The van der Waals surface area contributed by atoms with Crippen molar-refractivity contribution in [1.82, 2.24) is 4.31 Å². The van der Waals surface area contributed by atoms with Gasteiger partial charge in [0.15, 0.2) is 0 Å². The molecule has 1 amide bonds. The van der Waals surface area contributed by atoms with Gasteiger partial charge in [-0.1, -0.05) is 32.0 Å². The van der Waals surface area contributed by atoms with Crippen LogP contribution in [-0.2, 0) is 9.24 Å². The number of hydrogen-bond donors (Lipinski definition) is 0. The Kier molecular flexibility index (Phi) is 7.38. The van der Waals surface area contributed by atoms with Gasteiger partial charge in [0.2, 0.25) is 0 Å². The van der Waals surface area contributed by atoms with Crippen LogP contribution in [0.4, 0.5) is 4.79 Å². The maximum Gasteiger partial charge on any atom is 0.324 e. The number of amides is 1. The minimum Gasteiger partial charge on any atom is -0.261 e. The Bertz CT molecular complexity index is 292. The average molecular weight is 274 g/mol. The summed E-state index contributed by atoms with van der Waals surface area (Å²) in [4.78, 5) is 11.5. The summed E-state index contributed by atoms with van der Waals surface area (Å²) in [7, 11) is 1.24. The second kappa shape index (κ2) is 7.35. The molecule has 0 saturated heterocycles. The first-order valence-electron chi connectivity index (χ1n) is 4.82. The zero-order chi connectivity index (χ0) is 11.9. The Labute approximate surface area is 99.9 Å². The van der Waals surface area contributed by atoms with Crippen LogP contribution in [0.1, 0.15) is 33.1 Å². The third-order valence-electron chi connectivity index (χ3n) is 1.61. The van der Waals surface area contributed by atoms with E-state index in [2.05, 4.69) is 0 Å². The smallest absolute Gasteiger partial charge is 0.261 e. The topological polar surface area (TPSA) is 54.5 Å². The van der Waals surface area contributed by atoms with Crippen molar-refractivity contribution in [1.29, 1.82) is 0 Å². The van der Waals surface area contributed by atoms with Crippen LogP contribution in [0, 0.1) is 0 Å². The van der Waals surface area contributed by atoms with Gasteiger partial charge >= 0.3 is 9.24 Å². The molecule has 15 heavy (non-hydrogen) atoms. The summed E-state index contributed by atoms with van der Waals surface area (Å²) in [5.41, 5.74) is 0. The number of rotatable bonds is 6. The standard InChI is InChI=1S/C8H16ClNO3S2/c1-3-5-6-10(15(9,12)13)8(11)14-7-4-2/h3-7H2,1-2H3. The molecule has 0 N–H and O–H groups in total. The van der Waals surface area contributed by atoms with Crippen molar-refractivity contribution in [3.8, 4) is 0 Å². The summed E-state index contributed by atoms with van der Waals surface area (Å²) in [6.07, 6.45) is 2.26. The molecule has 0 rings (SSSR count). The van der Waals surface area contributed by atoms with E-state index in [9.17, 15) is 13.2 Å². The Balaban J connectivity index is 4.42. The number of hydrogen-bond acceptors (Lipinski definition) is 4. The predicted molar refractivity (Wildman–Crippen MR) is 64.5 cm³/mol. The fourth-order valence-corrected chi connectivity index (χ4v) is 2.96. The van der Waals surface area contributed by atoms with Crippen LogP contribution in [0.5, 0.6) is 0 Å². The lowest BCUT2D eigenvalue weighted by molar-refractivity contribution is 0.246. The van der Waals surface area contributed by atoms with Gasteiger partial charge in [-0.05, 0) is 12.8 Å². The molecule has 90 valence electrons. The molecule has 0 fully saturated rings. The zero-order valence-electron chi connectivity index (χ0n) is 8.90. The van der Waals surface area contributed by atoms with Crippen molar-refractivity contribution in [2.45, 2.75) is 33.1 Å². The SMILES string of the molecule is CCCCN(C(=O)SCCC)S(=O)(=O)Cl. The van der Waals surface area contributed by atoms with Crippen LogP contribution in [0.2, 0.25) is 0 Å². The summed E-state index contributed by atoms with van der Waals surface area (Å²) in [5.74, 6) is 0.605. The number of nitrogens with zero attached hydrogens (tertiary/aromatic N) is 1. The molecule has 0 aromatic rings. The minimum absolute atomic E-state index is 0.165. The van der Waals surface area contributed by atoms with E-state index in [1.807, 2.05) is 13.8 Å². The lowest BCUT2D eigenvalue weighted by atomic mass is 10.3. The molecule has 0 aromatic heterocycles. The first kappa shape index (κ1) is 15.1. The highest BCUT2D eigenvalue weighted by Crippen LogP contribution is 2.17. The van der Waals surface area contributed by atoms with E-state index in [0.717, 1.165) is 28.9 Å². The first-order valence-corrected chi connectivity index (χ1v) is 8.07. The van der Waals surface area contributed by atoms with Crippen molar-refractivity contribution in [2.24, 2.45) is 0 Å². The van der Waals surface area contributed by atoms with E-state index < -0.39 is 14.5 Å². The van der Waals surface area contributed by atoms with Crippen LogP contribution < -0.4 is 0 Å². The van der Waals surface area contributed by atoms with Gasteiger partial charge in [-0.15, -0.1) is 0 Å². The summed E-state index contributed by atoms with van der Waals surface area (Å²) >= 11 is 0.985. The maximum absolute atomic E-state index is 11.5. The van der Waals surface area contributed by atoms with Crippen LogP contribution in [0.25, 0.3) is 0 Å². The van der Waals surface area contributed by atoms with E-state index in [4.69, 9.17) is 10.7 Å². The van der Waals surface area contributed by atoms with Crippen LogP contribution in [-0.4, -0.2) is 30.3 Å². The average Bonchev–Trinajstić information content (AvgIpc) is 2.13. The second-order valence-electron chi connectivity index (χ2n) is 2.98. The molecule has 0 aromatic carbocycles. The molecule has 0 spiro atoms. The molecule has 0 aliphatic carbocycles. The van der Waals surface area contributed by atoms with Gasteiger partial charge in [0.1, 0.15) is 0 Å². The normalized spacial score (nSPS) is 11.4. The Hall–Kier alpha value is 0.0600. The highest BCUT2D eigenvalue weighted by atomic mass is 35.7. The molecule has 0 aliphatic heterocycles. The quantitative estimate of drug-likeness (QED) is 0.699. The van der Waals surface area contributed by atoms with Crippen LogP contribution in [0.15, 0.2) is 0 Å². The summed E-state index contributed by atoms with van der Waals surface area (Å²) in [5, 5.41) is -0.486. The fourth-order valence-electron chi connectivity index (χ4n) is 0.852. The van der Waals surface area contributed by atoms with Crippen molar-refractivity contribution in [3.63, 3.8) is 0 Å². The number of carbonyl (C=O) groups is 1.